The predicted octanol–water partition coefficient (Wildman–Crippen LogP) is 3.96. The van der Waals surface area contributed by atoms with Crippen LogP contribution in [0.15, 0.2) is 30.6 Å². The summed E-state index contributed by atoms with van der Waals surface area (Å²) in [6, 6.07) is 9.01. The normalized spacial score (nSPS) is 13.9. The van der Waals surface area contributed by atoms with Crippen molar-refractivity contribution in [1.82, 2.24) is 19.9 Å². The van der Waals surface area contributed by atoms with E-state index in [0.717, 1.165) is 24.2 Å². The zero-order valence-electron chi connectivity index (χ0n) is 19.1. The molecular formula is C23H31N7O2. The third kappa shape index (κ3) is 4.25. The largest absolute Gasteiger partial charge is 0.363 e. The molecule has 0 amide bonds. The van der Waals surface area contributed by atoms with E-state index in [1.807, 2.05) is 17.0 Å². The third-order valence-corrected chi connectivity index (χ3v) is 6.16. The monoisotopic (exact) mass is 437 g/mol. The standard InChI is InChI=1S/C23H31N7O2/c1-15(2)29(16(3)4)12-10-24-22-21(30(31)32)23(26-14-25-22)28-11-9-18-17-7-5-6-8-19(17)27-20(18)13-28/h5-8,14-16,27H,9-13H2,1-4H3,(H,24,25,26). The highest BCUT2D eigenvalue weighted by molar-refractivity contribution is 5.85. The minimum atomic E-state index is -0.374. The van der Waals surface area contributed by atoms with Crippen molar-refractivity contribution in [1.29, 1.82) is 0 Å². The zero-order valence-corrected chi connectivity index (χ0v) is 19.1. The molecule has 0 saturated carbocycles. The first kappa shape index (κ1) is 22.0. The van der Waals surface area contributed by atoms with E-state index in [1.165, 1.54) is 17.3 Å². The lowest BCUT2D eigenvalue weighted by Crippen LogP contribution is -2.40. The number of H-pyrrole nitrogens is 1. The molecule has 4 rings (SSSR count). The summed E-state index contributed by atoms with van der Waals surface area (Å²) < 4.78 is 0. The molecule has 2 aromatic heterocycles. The lowest BCUT2D eigenvalue weighted by molar-refractivity contribution is -0.383. The number of fused-ring (bicyclic) bond motifs is 3. The minimum absolute atomic E-state index is 0.0623. The van der Waals surface area contributed by atoms with E-state index < -0.39 is 0 Å². The van der Waals surface area contributed by atoms with Gasteiger partial charge in [-0.3, -0.25) is 15.0 Å². The maximum atomic E-state index is 12.0. The molecule has 0 fully saturated rings. The van der Waals surface area contributed by atoms with Gasteiger partial charge in [-0.2, -0.15) is 0 Å². The molecule has 9 heteroatoms. The van der Waals surface area contributed by atoms with Crippen molar-refractivity contribution in [2.24, 2.45) is 0 Å². The van der Waals surface area contributed by atoms with Gasteiger partial charge in [-0.1, -0.05) is 18.2 Å². The molecule has 0 atom stereocenters. The fourth-order valence-corrected chi connectivity index (χ4v) is 4.69. The Morgan fingerprint density at radius 2 is 1.97 bits per heavy atom. The highest BCUT2D eigenvalue weighted by Crippen LogP contribution is 2.35. The molecule has 3 heterocycles. The minimum Gasteiger partial charge on any atom is -0.363 e. The Balaban J connectivity index is 1.56. The molecule has 1 aliphatic heterocycles. The zero-order chi connectivity index (χ0) is 22.8. The second-order valence-corrected chi connectivity index (χ2v) is 8.80. The molecule has 1 aliphatic rings. The summed E-state index contributed by atoms with van der Waals surface area (Å²) in [7, 11) is 0. The highest BCUT2D eigenvalue weighted by atomic mass is 16.6. The summed E-state index contributed by atoms with van der Waals surface area (Å²) in [5, 5.41) is 16.4. The van der Waals surface area contributed by atoms with E-state index in [0.29, 0.717) is 37.5 Å². The van der Waals surface area contributed by atoms with Crippen molar-refractivity contribution in [3.63, 3.8) is 0 Å². The average Bonchev–Trinajstić information content (AvgIpc) is 3.13. The summed E-state index contributed by atoms with van der Waals surface area (Å²) in [5.41, 5.74) is 3.41. The number of para-hydroxylation sites is 1. The number of rotatable bonds is 8. The first-order valence-corrected chi connectivity index (χ1v) is 11.2. The Kier molecular flexibility index (Phi) is 6.27. The molecule has 0 unspecified atom stereocenters. The molecule has 2 N–H and O–H groups in total. The second-order valence-electron chi connectivity index (χ2n) is 8.80. The molecule has 0 aliphatic carbocycles. The molecule has 3 aromatic rings. The van der Waals surface area contributed by atoms with Crippen molar-refractivity contribution in [3.8, 4) is 0 Å². The van der Waals surface area contributed by atoms with Crippen LogP contribution in [0.3, 0.4) is 0 Å². The van der Waals surface area contributed by atoms with Gasteiger partial charge in [-0.05, 0) is 45.7 Å². The Hall–Kier alpha value is -3.20. The summed E-state index contributed by atoms with van der Waals surface area (Å²) in [4.78, 5) is 28.0. The van der Waals surface area contributed by atoms with E-state index in [-0.39, 0.29) is 16.4 Å². The number of anilines is 2. The maximum absolute atomic E-state index is 12.0. The number of nitrogens with zero attached hydrogens (tertiary/aromatic N) is 5. The lowest BCUT2D eigenvalue weighted by atomic mass is 10.0. The van der Waals surface area contributed by atoms with E-state index >= 15 is 0 Å². The van der Waals surface area contributed by atoms with Crippen molar-refractivity contribution in [2.75, 3.05) is 29.9 Å². The van der Waals surface area contributed by atoms with E-state index in [1.54, 1.807) is 0 Å². The van der Waals surface area contributed by atoms with Crippen molar-refractivity contribution in [2.45, 2.75) is 52.7 Å². The quantitative estimate of drug-likeness (QED) is 0.406. The van der Waals surface area contributed by atoms with Crippen molar-refractivity contribution >= 4 is 28.2 Å². The Labute approximate surface area is 188 Å². The summed E-state index contributed by atoms with van der Waals surface area (Å²) in [5.74, 6) is 0.635. The first-order chi connectivity index (χ1) is 15.4. The third-order valence-electron chi connectivity index (χ3n) is 6.16. The van der Waals surface area contributed by atoms with Gasteiger partial charge >= 0.3 is 5.69 Å². The number of nitro groups is 1. The molecule has 1 aromatic carbocycles. The summed E-state index contributed by atoms with van der Waals surface area (Å²) >= 11 is 0. The molecule has 170 valence electrons. The number of nitrogens with one attached hydrogen (secondary N) is 2. The summed E-state index contributed by atoms with van der Waals surface area (Å²) in [6.45, 7) is 11.2. The average molecular weight is 438 g/mol. The van der Waals surface area contributed by atoms with Crippen LogP contribution >= 0.6 is 0 Å². The maximum Gasteiger partial charge on any atom is 0.353 e. The number of benzene rings is 1. The SMILES string of the molecule is CC(C)N(CCNc1ncnc(N2CCc3c([nH]c4ccccc34)C2)c1[N+](=O)[O-])C(C)C. The Bertz CT molecular complexity index is 1100. The lowest BCUT2D eigenvalue weighted by Gasteiger charge is -2.30. The predicted molar refractivity (Wildman–Crippen MR) is 127 cm³/mol. The van der Waals surface area contributed by atoms with Crippen LogP contribution in [0.5, 0.6) is 0 Å². The van der Waals surface area contributed by atoms with Crippen molar-refractivity contribution in [3.05, 3.63) is 52.0 Å². The van der Waals surface area contributed by atoms with E-state index in [9.17, 15) is 10.1 Å². The smallest absolute Gasteiger partial charge is 0.353 e. The van der Waals surface area contributed by atoms with Gasteiger partial charge in [0.25, 0.3) is 0 Å². The van der Waals surface area contributed by atoms with Gasteiger partial charge in [-0.25, -0.2) is 9.97 Å². The van der Waals surface area contributed by atoms with Crippen LogP contribution in [-0.2, 0) is 13.0 Å². The number of hydrogen-bond acceptors (Lipinski definition) is 7. The molecule has 32 heavy (non-hydrogen) atoms. The van der Waals surface area contributed by atoms with Crippen LogP contribution in [0.2, 0.25) is 0 Å². The van der Waals surface area contributed by atoms with Gasteiger partial charge < -0.3 is 15.2 Å². The fourth-order valence-electron chi connectivity index (χ4n) is 4.69. The molecule has 0 radical (unpaired) electrons. The number of aromatic amines is 1. The Morgan fingerprint density at radius 3 is 2.69 bits per heavy atom. The van der Waals surface area contributed by atoms with Crippen LogP contribution < -0.4 is 10.2 Å². The van der Waals surface area contributed by atoms with Crippen molar-refractivity contribution < 1.29 is 4.92 Å². The molecule has 0 bridgehead atoms. The Morgan fingerprint density at radius 1 is 1.22 bits per heavy atom. The molecule has 0 spiro atoms. The van der Waals surface area contributed by atoms with Gasteiger partial charge in [0.1, 0.15) is 6.33 Å². The summed E-state index contributed by atoms with van der Waals surface area (Å²) in [6.07, 6.45) is 2.22. The number of aromatic nitrogens is 3. The molecule has 9 nitrogen and oxygen atoms in total. The van der Waals surface area contributed by atoms with Gasteiger partial charge in [0.15, 0.2) is 0 Å². The number of hydrogen-bond donors (Lipinski definition) is 2. The fraction of sp³-hybridized carbons (Fsp3) is 0.478. The van der Waals surface area contributed by atoms with E-state index in [2.05, 4.69) is 65.0 Å². The van der Waals surface area contributed by atoms with Crippen LogP contribution in [0, 0.1) is 10.1 Å². The highest BCUT2D eigenvalue weighted by Gasteiger charge is 2.30. The van der Waals surface area contributed by atoms with Crippen LogP contribution in [0.4, 0.5) is 17.3 Å². The van der Waals surface area contributed by atoms with Crippen LogP contribution in [0.25, 0.3) is 10.9 Å². The van der Waals surface area contributed by atoms with E-state index in [4.69, 9.17) is 0 Å². The molecular weight excluding hydrogens is 406 g/mol. The van der Waals surface area contributed by atoms with Crippen LogP contribution in [0.1, 0.15) is 39.0 Å². The van der Waals surface area contributed by atoms with Gasteiger partial charge in [-0.15, -0.1) is 0 Å². The molecule has 0 saturated heterocycles. The second kappa shape index (κ2) is 9.12. The van der Waals surface area contributed by atoms with Gasteiger partial charge in [0.05, 0.1) is 11.5 Å². The topological polar surface area (TPSA) is 103 Å². The first-order valence-electron chi connectivity index (χ1n) is 11.2. The van der Waals surface area contributed by atoms with Gasteiger partial charge in [0.2, 0.25) is 11.6 Å². The van der Waals surface area contributed by atoms with Crippen LogP contribution in [-0.4, -0.2) is 56.5 Å². The van der Waals surface area contributed by atoms with Gasteiger partial charge in [0, 0.05) is 48.3 Å².